The van der Waals surface area contributed by atoms with E-state index in [1.807, 2.05) is 87.4 Å². The van der Waals surface area contributed by atoms with Crippen LogP contribution in [0.5, 0.6) is 0 Å². The van der Waals surface area contributed by atoms with Gasteiger partial charge in [-0.25, -0.2) is 0 Å². The average Bonchev–Trinajstić information content (AvgIpc) is 3.43. The molecule has 0 radical (unpaired) electrons. The molecule has 0 saturated heterocycles. The maximum absolute atomic E-state index is 14.9. The summed E-state index contributed by atoms with van der Waals surface area (Å²) in [6.45, 7) is 4.11. The Balaban J connectivity index is 1.34. The van der Waals surface area contributed by atoms with E-state index in [0.29, 0.717) is 34.7 Å². The number of rotatable bonds is 12. The highest BCUT2D eigenvalue weighted by molar-refractivity contribution is 7.92. The monoisotopic (exact) mass is 756 g/mol. The first-order valence-corrected chi connectivity index (χ1v) is 20.6. The van der Waals surface area contributed by atoms with Crippen LogP contribution in [0.4, 0.5) is 0 Å². The Morgan fingerprint density at radius 2 is 1.46 bits per heavy atom. The van der Waals surface area contributed by atoms with Crippen molar-refractivity contribution in [1.29, 1.82) is 0 Å². The molecule has 1 unspecified atom stereocenters. The van der Waals surface area contributed by atoms with Crippen molar-refractivity contribution in [3.8, 4) is 0 Å². The zero-order valence-corrected chi connectivity index (χ0v) is 33.0. The summed E-state index contributed by atoms with van der Waals surface area (Å²) in [6.07, 6.45) is 5.41. The van der Waals surface area contributed by atoms with Gasteiger partial charge >= 0.3 is 0 Å². The highest BCUT2D eigenvalue weighted by Crippen LogP contribution is 2.53. The molecule has 1 fully saturated rings. The number of halogens is 2. The molecule has 1 saturated carbocycles. The van der Waals surface area contributed by atoms with Gasteiger partial charge in [0.1, 0.15) is 5.75 Å². The summed E-state index contributed by atoms with van der Waals surface area (Å²) in [7, 11) is 3.72. The van der Waals surface area contributed by atoms with E-state index in [2.05, 4.69) is 42.5 Å². The minimum Gasteiger partial charge on any atom is -0.615 e. The lowest BCUT2D eigenvalue weighted by Gasteiger charge is -2.47. The summed E-state index contributed by atoms with van der Waals surface area (Å²) < 4.78 is 13.3. The minimum atomic E-state index is -0.928. The Morgan fingerprint density at radius 3 is 2.06 bits per heavy atom. The fraction of sp³-hybridized carbons (Fsp3) is 0.409. The van der Waals surface area contributed by atoms with Crippen LogP contribution in [0.2, 0.25) is 10.0 Å². The van der Waals surface area contributed by atoms with Gasteiger partial charge in [0.2, 0.25) is 11.8 Å². The van der Waals surface area contributed by atoms with E-state index in [9.17, 15) is 14.1 Å². The summed E-state index contributed by atoms with van der Waals surface area (Å²) >= 11 is 12.3. The van der Waals surface area contributed by atoms with Crippen molar-refractivity contribution in [2.24, 2.45) is 11.8 Å². The van der Waals surface area contributed by atoms with Crippen molar-refractivity contribution >= 4 is 46.2 Å². The zero-order chi connectivity index (χ0) is 37.0. The summed E-state index contributed by atoms with van der Waals surface area (Å²) in [5, 5.41) is 0.853. The summed E-state index contributed by atoms with van der Waals surface area (Å²) in [5.74, 6) is 0.658. The van der Waals surface area contributed by atoms with Gasteiger partial charge in [0.15, 0.2) is 4.75 Å². The molecule has 5 nitrogen and oxygen atoms in total. The predicted octanol–water partition coefficient (Wildman–Crippen LogP) is 10.1. The summed E-state index contributed by atoms with van der Waals surface area (Å²) in [6, 6.07) is 34.4. The highest BCUT2D eigenvalue weighted by Gasteiger charge is 2.52. The molecular weight excluding hydrogens is 707 g/mol. The second-order valence-corrected chi connectivity index (χ2v) is 17.7. The molecule has 1 heterocycles. The molecule has 2 atom stereocenters. The third kappa shape index (κ3) is 7.82. The van der Waals surface area contributed by atoms with Gasteiger partial charge in [-0.2, -0.15) is 0 Å². The Bertz CT molecular complexity index is 1810. The van der Waals surface area contributed by atoms with Gasteiger partial charge in [-0.3, -0.25) is 9.59 Å². The Hall–Kier alpha value is -3.29. The van der Waals surface area contributed by atoms with E-state index in [0.717, 1.165) is 48.8 Å². The first kappa shape index (κ1) is 38.4. The number of likely N-dealkylation sites (N-methyl/N-ethyl adjacent to an activating group) is 2. The number of fused-ring (bicyclic) bond motifs is 2. The van der Waals surface area contributed by atoms with Gasteiger partial charge in [0.05, 0.1) is 15.6 Å². The van der Waals surface area contributed by atoms with Crippen LogP contribution in [0.15, 0.2) is 103 Å². The number of carbonyl (C=O) groups is 2. The Kier molecular flexibility index (Phi) is 12.1. The quantitative estimate of drug-likeness (QED) is 0.135. The number of amides is 2. The van der Waals surface area contributed by atoms with Gasteiger partial charge in [-0.1, -0.05) is 128 Å². The molecule has 0 aromatic heterocycles. The molecule has 1 spiro atoms. The molecule has 2 amide bonds. The topological polar surface area (TPSA) is 63.7 Å². The Morgan fingerprint density at radius 1 is 0.865 bits per heavy atom. The molecule has 1 aliphatic heterocycles. The van der Waals surface area contributed by atoms with Crippen molar-refractivity contribution < 1.29 is 14.1 Å². The van der Waals surface area contributed by atoms with Crippen molar-refractivity contribution in [2.45, 2.75) is 80.7 Å². The van der Waals surface area contributed by atoms with Crippen LogP contribution in [0.3, 0.4) is 0 Å². The van der Waals surface area contributed by atoms with Crippen LogP contribution in [0.1, 0.15) is 92.5 Å². The fourth-order valence-electron chi connectivity index (χ4n) is 8.69. The molecular formula is C44H50Cl2N2O3S. The first-order chi connectivity index (χ1) is 24.9. The van der Waals surface area contributed by atoms with Crippen LogP contribution in [0.25, 0.3) is 0 Å². The maximum atomic E-state index is 14.9. The van der Waals surface area contributed by atoms with Gasteiger partial charge in [0.25, 0.3) is 0 Å². The third-order valence-corrected chi connectivity index (χ3v) is 14.5. The lowest BCUT2D eigenvalue weighted by molar-refractivity contribution is -0.143. The van der Waals surface area contributed by atoms with Crippen LogP contribution < -0.4 is 0 Å². The van der Waals surface area contributed by atoms with Gasteiger partial charge in [-0.15, -0.1) is 0 Å². The van der Waals surface area contributed by atoms with E-state index >= 15 is 0 Å². The number of nitrogens with zero attached hydrogens (tertiary/aromatic N) is 2. The molecule has 4 aromatic rings. The predicted molar refractivity (Wildman–Crippen MR) is 214 cm³/mol. The lowest BCUT2D eigenvalue weighted by atomic mass is 9.73. The van der Waals surface area contributed by atoms with Crippen molar-refractivity contribution in [3.63, 3.8) is 0 Å². The molecule has 6 rings (SSSR count). The third-order valence-electron chi connectivity index (χ3n) is 11.7. The van der Waals surface area contributed by atoms with Gasteiger partial charge in [0, 0.05) is 62.9 Å². The van der Waals surface area contributed by atoms with Crippen LogP contribution in [-0.4, -0.2) is 46.8 Å². The molecule has 0 bridgehead atoms. The van der Waals surface area contributed by atoms with E-state index < -0.39 is 16.7 Å². The van der Waals surface area contributed by atoms with Crippen LogP contribution in [0, 0.1) is 11.8 Å². The molecule has 0 N–H and O–H groups in total. The van der Waals surface area contributed by atoms with Crippen molar-refractivity contribution in [1.82, 2.24) is 9.80 Å². The number of hydrogen-bond acceptors (Lipinski definition) is 3. The smallest absolute Gasteiger partial charge is 0.224 e. The second-order valence-electron chi connectivity index (χ2n) is 15.2. The largest absolute Gasteiger partial charge is 0.615 e. The fourth-order valence-corrected chi connectivity index (χ4v) is 10.9. The van der Waals surface area contributed by atoms with Gasteiger partial charge < -0.3 is 14.4 Å². The minimum absolute atomic E-state index is 0.0127. The molecule has 2 aliphatic rings. The molecule has 274 valence electrons. The molecule has 4 aromatic carbocycles. The second kappa shape index (κ2) is 16.4. The van der Waals surface area contributed by atoms with E-state index in [4.69, 9.17) is 23.2 Å². The molecule has 8 heteroatoms. The Labute approximate surface area is 322 Å². The standard InChI is InChI=1S/C44H50Cl2N2O3S/c1-31(2)42(50)47(3)30-43(36-19-20-39(45)40(46)27-36,24-21-32-22-25-44(26-23-32)38-18-12-11-17-35(38)29-52(44)51)48(4)41(49)28-37(33-13-7-5-8-14-33)34-15-9-6-10-16-34/h5-20,27,31-32,37H,21-26,28-30H2,1-4H3/t32?,43-,44?,52?/m1/s1. The summed E-state index contributed by atoms with van der Waals surface area (Å²) in [4.78, 5) is 32.1. The average molecular weight is 758 g/mol. The maximum Gasteiger partial charge on any atom is 0.224 e. The molecule has 52 heavy (non-hydrogen) atoms. The number of benzene rings is 4. The normalized spacial score (nSPS) is 20.9. The number of hydrogen-bond donors (Lipinski definition) is 0. The first-order valence-electron chi connectivity index (χ1n) is 18.5. The van der Waals surface area contributed by atoms with Gasteiger partial charge in [-0.05, 0) is 71.6 Å². The lowest BCUT2D eigenvalue weighted by Crippen LogP contribution is -2.55. The highest BCUT2D eigenvalue weighted by atomic mass is 35.5. The number of carbonyl (C=O) groups excluding carboxylic acids is 2. The van der Waals surface area contributed by atoms with Crippen LogP contribution in [-0.2, 0) is 36.8 Å². The SMILES string of the molecule is CC(C)C(=O)N(C)C[C@](CCC1CCC2(CC1)c1ccccc1C[S+]2[O-])(c1ccc(Cl)c(Cl)c1)N(C)C(=O)CC(c1ccccc1)c1ccccc1. The van der Waals surface area contributed by atoms with Crippen molar-refractivity contribution in [2.75, 3.05) is 20.6 Å². The summed E-state index contributed by atoms with van der Waals surface area (Å²) in [5.41, 5.74) is 4.60. The van der Waals surface area contributed by atoms with E-state index in [1.165, 1.54) is 11.1 Å². The van der Waals surface area contributed by atoms with E-state index in [-0.39, 0.29) is 34.8 Å². The van der Waals surface area contributed by atoms with Crippen molar-refractivity contribution in [3.05, 3.63) is 141 Å². The van der Waals surface area contributed by atoms with E-state index in [1.54, 1.807) is 11.0 Å². The molecule has 1 aliphatic carbocycles. The van der Waals surface area contributed by atoms with Crippen LogP contribution >= 0.6 is 23.2 Å². The zero-order valence-electron chi connectivity index (χ0n) is 30.7.